The van der Waals surface area contributed by atoms with Gasteiger partial charge in [-0.1, -0.05) is 30.2 Å². The van der Waals surface area contributed by atoms with Crippen molar-refractivity contribution in [2.24, 2.45) is 21.5 Å². The second-order valence-corrected chi connectivity index (χ2v) is 7.88. The Morgan fingerprint density at radius 3 is 2.62 bits per heavy atom. The molecule has 1 aliphatic heterocycles. The average Bonchev–Trinajstić information content (AvgIpc) is 3.13. The largest absolute Gasteiger partial charge is 0.436 e. The number of rotatable bonds is 2. The van der Waals surface area contributed by atoms with E-state index in [-0.39, 0.29) is 5.96 Å². The van der Waals surface area contributed by atoms with E-state index in [1.807, 2.05) is 47.4 Å². The third-order valence-electron chi connectivity index (χ3n) is 5.58. The van der Waals surface area contributed by atoms with E-state index in [9.17, 15) is 0 Å². The van der Waals surface area contributed by atoms with Crippen molar-refractivity contribution in [1.29, 1.82) is 0 Å². The number of para-hydroxylation sites is 2. The third kappa shape index (κ3) is 3.02. The fourth-order valence-corrected chi connectivity index (χ4v) is 4.48. The van der Waals surface area contributed by atoms with Crippen molar-refractivity contribution in [3.8, 4) is 11.5 Å². The predicted molar refractivity (Wildman–Crippen MR) is 116 cm³/mol. The monoisotopic (exact) mass is 408 g/mol. The number of anilines is 1. The number of fused-ring (bicyclic) bond motifs is 1. The van der Waals surface area contributed by atoms with Crippen LogP contribution in [0, 0.1) is 0 Å². The highest BCUT2D eigenvalue weighted by Crippen LogP contribution is 2.43. The summed E-state index contributed by atoms with van der Waals surface area (Å²) < 4.78 is 5.94. The van der Waals surface area contributed by atoms with Crippen LogP contribution in [0.5, 0.6) is 0 Å². The first-order chi connectivity index (χ1) is 14.1. The Kier molecular flexibility index (Phi) is 4.20. The average molecular weight is 409 g/mol. The van der Waals surface area contributed by atoms with Gasteiger partial charge in [0, 0.05) is 5.56 Å². The van der Waals surface area contributed by atoms with E-state index in [1.165, 1.54) is 6.42 Å². The van der Waals surface area contributed by atoms with Gasteiger partial charge in [-0.2, -0.15) is 4.99 Å². The van der Waals surface area contributed by atoms with Gasteiger partial charge in [-0.25, -0.2) is 9.98 Å². The molecule has 7 nitrogen and oxygen atoms in total. The summed E-state index contributed by atoms with van der Waals surface area (Å²) in [4.78, 5) is 15.5. The van der Waals surface area contributed by atoms with Crippen molar-refractivity contribution >= 4 is 40.3 Å². The minimum atomic E-state index is -0.558. The normalized spacial score (nSPS) is 18.7. The van der Waals surface area contributed by atoms with E-state index in [4.69, 9.17) is 32.5 Å². The van der Waals surface area contributed by atoms with Gasteiger partial charge in [-0.3, -0.25) is 4.90 Å². The van der Waals surface area contributed by atoms with Gasteiger partial charge >= 0.3 is 0 Å². The Hall–Kier alpha value is -3.06. The summed E-state index contributed by atoms with van der Waals surface area (Å²) in [7, 11) is 0. The molecule has 0 amide bonds. The number of halogens is 1. The molecule has 1 spiro atoms. The second-order valence-electron chi connectivity index (χ2n) is 7.47. The summed E-state index contributed by atoms with van der Waals surface area (Å²) in [5.74, 6) is 1.04. The summed E-state index contributed by atoms with van der Waals surface area (Å²) in [6.45, 7) is 0. The van der Waals surface area contributed by atoms with Crippen LogP contribution in [-0.2, 0) is 0 Å². The fourth-order valence-electron chi connectivity index (χ4n) is 4.28. The first-order valence-electron chi connectivity index (χ1n) is 9.71. The van der Waals surface area contributed by atoms with E-state index < -0.39 is 5.66 Å². The first-order valence-corrected chi connectivity index (χ1v) is 10.1. The van der Waals surface area contributed by atoms with E-state index in [1.54, 1.807) is 0 Å². The Morgan fingerprint density at radius 1 is 1.03 bits per heavy atom. The minimum absolute atomic E-state index is 0.215. The molecule has 3 aromatic rings. The summed E-state index contributed by atoms with van der Waals surface area (Å²) in [6.07, 6.45) is 4.94. The summed E-state index contributed by atoms with van der Waals surface area (Å²) in [5, 5.41) is 0.559. The van der Waals surface area contributed by atoms with Crippen molar-refractivity contribution in [2.75, 3.05) is 4.90 Å². The van der Waals surface area contributed by atoms with Crippen LogP contribution in [0.3, 0.4) is 0 Å². The molecule has 29 heavy (non-hydrogen) atoms. The number of nitrogens with zero attached hydrogens (tertiary/aromatic N) is 4. The molecule has 1 fully saturated rings. The molecule has 1 saturated carbocycles. The highest BCUT2D eigenvalue weighted by molar-refractivity contribution is 6.34. The standard InChI is InChI=1S/C21H21ClN6O/c22-14-9-8-13(18-25-15-6-2-3-7-17(15)29-18)12-16(14)28-20(24)26-19(23)27-21(28)10-4-1-5-11-21/h2-3,6-9,12H,1,4-5,10-11H2,(H4,23,24,26,27). The Balaban J connectivity index is 1.63. The zero-order valence-electron chi connectivity index (χ0n) is 15.8. The predicted octanol–water partition coefficient (Wildman–Crippen LogP) is 4.26. The molecule has 1 aromatic heterocycles. The summed E-state index contributed by atoms with van der Waals surface area (Å²) in [6, 6.07) is 13.3. The zero-order valence-corrected chi connectivity index (χ0v) is 16.6. The van der Waals surface area contributed by atoms with Gasteiger partial charge < -0.3 is 15.9 Å². The third-order valence-corrected chi connectivity index (χ3v) is 5.90. The Bertz CT molecular complexity index is 1110. The van der Waals surface area contributed by atoms with Crippen molar-refractivity contribution in [1.82, 2.24) is 4.98 Å². The quantitative estimate of drug-likeness (QED) is 0.658. The van der Waals surface area contributed by atoms with Crippen molar-refractivity contribution in [3.63, 3.8) is 0 Å². The molecule has 0 saturated heterocycles. The molecule has 5 rings (SSSR count). The second kappa shape index (κ2) is 6.77. The minimum Gasteiger partial charge on any atom is -0.436 e. The van der Waals surface area contributed by atoms with Crippen molar-refractivity contribution in [2.45, 2.75) is 37.8 Å². The maximum absolute atomic E-state index is 6.62. The van der Waals surface area contributed by atoms with Crippen LogP contribution in [0.4, 0.5) is 5.69 Å². The van der Waals surface area contributed by atoms with E-state index in [0.29, 0.717) is 16.9 Å². The van der Waals surface area contributed by atoms with Crippen LogP contribution in [0.1, 0.15) is 32.1 Å². The maximum Gasteiger partial charge on any atom is 0.227 e. The topological polar surface area (TPSA) is 106 Å². The molecule has 2 heterocycles. The molecular formula is C21H21ClN6O. The van der Waals surface area contributed by atoms with Crippen molar-refractivity contribution in [3.05, 3.63) is 47.5 Å². The lowest BCUT2D eigenvalue weighted by Crippen LogP contribution is -2.58. The van der Waals surface area contributed by atoms with E-state index in [0.717, 1.165) is 48.0 Å². The Labute approximate surface area is 173 Å². The number of oxazole rings is 1. The maximum atomic E-state index is 6.62. The summed E-state index contributed by atoms with van der Waals surface area (Å²) >= 11 is 6.62. The number of guanidine groups is 2. The molecule has 148 valence electrons. The summed E-state index contributed by atoms with van der Waals surface area (Å²) in [5.41, 5.74) is 14.8. The molecule has 0 unspecified atom stereocenters. The van der Waals surface area contributed by atoms with Gasteiger partial charge in [0.1, 0.15) is 11.2 Å². The zero-order chi connectivity index (χ0) is 20.0. The molecule has 0 radical (unpaired) electrons. The SMILES string of the molecule is NC1=NC2(CCCCC2)N(c2cc(-c3nc4ccccc4o3)ccc2Cl)C(N)=N1. The fraction of sp³-hybridized carbons (Fsp3) is 0.286. The van der Waals surface area contributed by atoms with E-state index >= 15 is 0 Å². The molecular weight excluding hydrogens is 388 g/mol. The van der Waals surface area contributed by atoms with Gasteiger partial charge in [0.25, 0.3) is 0 Å². The number of hydrogen-bond donors (Lipinski definition) is 2. The van der Waals surface area contributed by atoms with Crippen LogP contribution in [0.15, 0.2) is 56.9 Å². The molecule has 0 atom stereocenters. The highest BCUT2D eigenvalue weighted by Gasteiger charge is 2.43. The lowest BCUT2D eigenvalue weighted by atomic mass is 9.87. The van der Waals surface area contributed by atoms with Crippen LogP contribution in [0.2, 0.25) is 5.02 Å². The number of hydrogen-bond acceptors (Lipinski definition) is 7. The van der Waals surface area contributed by atoms with Crippen LogP contribution < -0.4 is 16.4 Å². The molecule has 4 N–H and O–H groups in total. The molecule has 1 aliphatic carbocycles. The van der Waals surface area contributed by atoms with Crippen LogP contribution in [-0.4, -0.2) is 22.6 Å². The molecule has 2 aliphatic rings. The molecule has 8 heteroatoms. The first kappa shape index (κ1) is 18.0. The number of aliphatic imine (C=N–C) groups is 2. The molecule has 0 bridgehead atoms. The van der Waals surface area contributed by atoms with Gasteiger partial charge in [0.2, 0.25) is 17.8 Å². The Morgan fingerprint density at radius 2 is 1.83 bits per heavy atom. The molecule has 2 aromatic carbocycles. The highest BCUT2D eigenvalue weighted by atomic mass is 35.5. The van der Waals surface area contributed by atoms with Crippen LogP contribution in [0.25, 0.3) is 22.6 Å². The van der Waals surface area contributed by atoms with Crippen LogP contribution >= 0.6 is 11.6 Å². The van der Waals surface area contributed by atoms with Crippen molar-refractivity contribution < 1.29 is 4.42 Å². The lowest BCUT2D eigenvalue weighted by Gasteiger charge is -2.45. The van der Waals surface area contributed by atoms with Gasteiger partial charge in [-0.15, -0.1) is 0 Å². The van der Waals surface area contributed by atoms with Gasteiger partial charge in [-0.05, 0) is 56.0 Å². The number of nitrogens with two attached hydrogens (primary N) is 2. The van der Waals surface area contributed by atoms with E-state index in [2.05, 4.69) is 9.98 Å². The number of aromatic nitrogens is 1. The number of benzene rings is 2. The smallest absolute Gasteiger partial charge is 0.227 e. The van der Waals surface area contributed by atoms with Gasteiger partial charge in [0.05, 0.1) is 10.7 Å². The van der Waals surface area contributed by atoms with Gasteiger partial charge in [0.15, 0.2) is 5.58 Å². The lowest BCUT2D eigenvalue weighted by molar-refractivity contribution is 0.305.